The Bertz CT molecular complexity index is 1620. The molecule has 0 bridgehead atoms. The van der Waals surface area contributed by atoms with Crippen LogP contribution in [0.5, 0.6) is 5.75 Å². The molecule has 0 amide bonds. The molecule has 186 valence electrons. The molecule has 37 heavy (non-hydrogen) atoms. The number of H-pyrrole nitrogens is 1. The van der Waals surface area contributed by atoms with E-state index in [1.165, 1.54) is 10.9 Å². The van der Waals surface area contributed by atoms with E-state index in [9.17, 15) is 4.79 Å². The summed E-state index contributed by atoms with van der Waals surface area (Å²) in [7, 11) is 1.68. The number of hydrogen-bond donors (Lipinski definition) is 2. The minimum atomic E-state index is -0.380. The van der Waals surface area contributed by atoms with E-state index in [2.05, 4.69) is 69.5 Å². The molecule has 2 N–H and O–H groups in total. The molecule has 1 saturated carbocycles. The number of benzene rings is 3. The minimum absolute atomic E-state index is 0.231. The van der Waals surface area contributed by atoms with Gasteiger partial charge in [0.15, 0.2) is 0 Å². The smallest absolute Gasteiger partial charge is 0.145 e. The van der Waals surface area contributed by atoms with Crippen LogP contribution >= 0.6 is 0 Å². The van der Waals surface area contributed by atoms with Crippen molar-refractivity contribution in [3.63, 3.8) is 0 Å². The van der Waals surface area contributed by atoms with Crippen LogP contribution in [0.25, 0.3) is 44.5 Å². The minimum Gasteiger partial charge on any atom is -0.497 e. The number of aromatic nitrogens is 3. The van der Waals surface area contributed by atoms with Crippen LogP contribution in [0.15, 0.2) is 72.9 Å². The molecule has 3 heterocycles. The van der Waals surface area contributed by atoms with Crippen LogP contribution in [-0.4, -0.2) is 40.5 Å². The highest BCUT2D eigenvalue weighted by Gasteiger charge is 2.48. The molecule has 0 unspecified atom stereocenters. The quantitative estimate of drug-likeness (QED) is 0.302. The molecule has 1 atom stereocenters. The van der Waals surface area contributed by atoms with Crippen molar-refractivity contribution in [2.24, 2.45) is 11.3 Å². The Hall–Kier alpha value is -3.90. The van der Waals surface area contributed by atoms with Crippen molar-refractivity contribution >= 4 is 27.7 Å². The number of Topliss-reactive ketones (excluding diaryl/α,β-unsaturated/α-hetero) is 1. The number of ketones is 1. The van der Waals surface area contributed by atoms with Gasteiger partial charge in [-0.15, -0.1) is 0 Å². The molecular weight excluding hydrogens is 460 g/mol. The second kappa shape index (κ2) is 8.60. The Labute approximate surface area is 215 Å². The number of nitrogens with one attached hydrogen (secondary N) is 2. The highest BCUT2D eigenvalue weighted by molar-refractivity contribution is 5.90. The lowest BCUT2D eigenvalue weighted by Crippen LogP contribution is -2.39. The number of aromatic amines is 1. The number of methoxy groups -OCH3 is 1. The van der Waals surface area contributed by atoms with Crippen LogP contribution < -0.4 is 10.1 Å². The molecule has 5 aromatic rings. The Morgan fingerprint density at radius 1 is 1.03 bits per heavy atom. The van der Waals surface area contributed by atoms with Crippen LogP contribution in [0.1, 0.15) is 19.3 Å². The van der Waals surface area contributed by atoms with Gasteiger partial charge in [-0.2, -0.15) is 0 Å². The number of carbonyl (C=O) groups excluding carboxylic acids is 1. The average Bonchev–Trinajstić information content (AvgIpc) is 3.33. The molecule has 2 fully saturated rings. The maximum absolute atomic E-state index is 13.5. The molecule has 1 aliphatic carbocycles. The summed E-state index contributed by atoms with van der Waals surface area (Å²) in [6, 6.07) is 23.2. The molecular formula is C31H30N4O2. The van der Waals surface area contributed by atoms with E-state index in [-0.39, 0.29) is 11.3 Å². The third-order valence-corrected chi connectivity index (χ3v) is 8.16. The highest BCUT2D eigenvalue weighted by atomic mass is 16.5. The molecule has 2 aromatic heterocycles. The number of carbonyl (C=O) groups is 1. The van der Waals surface area contributed by atoms with Gasteiger partial charge in [0, 0.05) is 42.4 Å². The largest absolute Gasteiger partial charge is 0.497 e. The Kier molecular flexibility index (Phi) is 5.18. The topological polar surface area (TPSA) is 71.9 Å². The van der Waals surface area contributed by atoms with E-state index >= 15 is 0 Å². The molecule has 0 radical (unpaired) electrons. The van der Waals surface area contributed by atoms with Gasteiger partial charge in [-0.05, 0) is 66.6 Å². The molecule has 6 heteroatoms. The van der Waals surface area contributed by atoms with Gasteiger partial charge in [0.1, 0.15) is 17.4 Å². The summed E-state index contributed by atoms with van der Waals surface area (Å²) < 4.78 is 7.75. The summed E-state index contributed by atoms with van der Waals surface area (Å²) in [6.45, 7) is 2.25. The molecule has 2 aliphatic rings. The lowest BCUT2D eigenvalue weighted by atomic mass is 9.80. The zero-order chi connectivity index (χ0) is 25.0. The number of rotatable bonds is 7. The fourth-order valence-electron chi connectivity index (χ4n) is 5.90. The SMILES string of the molecule is COc1ccc2c(c1)nc(-c1ccc(-c3ccc4cc[nH]c4c3)cc1)n2C[C@]1(C(=O)C2CC2)CCNC1. The van der Waals surface area contributed by atoms with E-state index in [0.29, 0.717) is 12.3 Å². The monoisotopic (exact) mass is 490 g/mol. The number of fused-ring (bicyclic) bond motifs is 2. The molecule has 0 spiro atoms. The third-order valence-electron chi connectivity index (χ3n) is 8.16. The van der Waals surface area contributed by atoms with Crippen molar-refractivity contribution in [3.8, 4) is 28.3 Å². The first-order chi connectivity index (χ1) is 18.1. The van der Waals surface area contributed by atoms with E-state index in [1.807, 2.05) is 18.3 Å². The summed E-state index contributed by atoms with van der Waals surface area (Å²) in [4.78, 5) is 21.9. The number of ether oxygens (including phenoxy) is 1. The van der Waals surface area contributed by atoms with Crippen molar-refractivity contribution in [1.29, 1.82) is 0 Å². The summed E-state index contributed by atoms with van der Waals surface area (Å²) in [5.74, 6) is 2.33. The van der Waals surface area contributed by atoms with Gasteiger partial charge in [0.2, 0.25) is 0 Å². The normalized spacial score (nSPS) is 19.6. The van der Waals surface area contributed by atoms with Crippen molar-refractivity contribution in [1.82, 2.24) is 19.9 Å². The first-order valence-electron chi connectivity index (χ1n) is 13.1. The fourth-order valence-corrected chi connectivity index (χ4v) is 5.90. The molecule has 1 aliphatic heterocycles. The van der Waals surface area contributed by atoms with Crippen LogP contribution in [0.3, 0.4) is 0 Å². The van der Waals surface area contributed by atoms with Gasteiger partial charge in [0.05, 0.1) is 23.6 Å². The van der Waals surface area contributed by atoms with Gasteiger partial charge in [-0.25, -0.2) is 4.98 Å². The van der Waals surface area contributed by atoms with E-state index in [1.54, 1.807) is 7.11 Å². The van der Waals surface area contributed by atoms with Crippen LogP contribution in [0, 0.1) is 11.3 Å². The van der Waals surface area contributed by atoms with Crippen molar-refractivity contribution in [2.45, 2.75) is 25.8 Å². The fraction of sp³-hybridized carbons (Fsp3) is 0.290. The zero-order valence-electron chi connectivity index (χ0n) is 21.0. The van der Waals surface area contributed by atoms with E-state index < -0.39 is 0 Å². The summed E-state index contributed by atoms with van der Waals surface area (Å²) in [5, 5.41) is 4.68. The van der Waals surface area contributed by atoms with Gasteiger partial charge in [-0.1, -0.05) is 36.4 Å². The Morgan fingerprint density at radius 2 is 1.84 bits per heavy atom. The molecule has 6 nitrogen and oxygen atoms in total. The van der Waals surface area contributed by atoms with Gasteiger partial charge in [0.25, 0.3) is 0 Å². The van der Waals surface area contributed by atoms with Crippen LogP contribution in [0.4, 0.5) is 0 Å². The average molecular weight is 491 g/mol. The summed E-state index contributed by atoms with van der Waals surface area (Å²) in [5.41, 5.74) is 6.04. The van der Waals surface area contributed by atoms with Crippen molar-refractivity contribution in [2.75, 3.05) is 20.2 Å². The standard InChI is InChI=1S/C31H30N4O2/c1-37-25-10-11-28-27(17-25)34-30(35(28)19-31(13-15-32-18-31)29(36)22-5-6-22)23-7-2-20(3-8-23)24-9-4-21-12-14-33-26(21)16-24/h2-4,7-12,14,16-17,22,32-33H,5-6,13,15,18-19H2,1H3/t31-/m0/s1. The highest BCUT2D eigenvalue weighted by Crippen LogP contribution is 2.42. The Balaban J connectivity index is 1.31. The van der Waals surface area contributed by atoms with E-state index in [4.69, 9.17) is 9.72 Å². The van der Waals surface area contributed by atoms with Crippen LogP contribution in [-0.2, 0) is 11.3 Å². The second-order valence-corrected chi connectivity index (χ2v) is 10.6. The zero-order valence-corrected chi connectivity index (χ0v) is 21.0. The third kappa shape index (κ3) is 3.83. The summed E-state index contributed by atoms with van der Waals surface area (Å²) in [6.07, 6.45) is 4.91. The predicted octanol–water partition coefficient (Wildman–Crippen LogP) is 5.82. The maximum atomic E-state index is 13.5. The summed E-state index contributed by atoms with van der Waals surface area (Å²) >= 11 is 0. The van der Waals surface area contributed by atoms with Gasteiger partial charge in [-0.3, -0.25) is 4.79 Å². The molecule has 1 saturated heterocycles. The van der Waals surface area contributed by atoms with Crippen molar-refractivity contribution in [3.05, 3.63) is 72.9 Å². The van der Waals surface area contributed by atoms with Gasteiger partial charge < -0.3 is 19.6 Å². The number of imidazole rings is 1. The second-order valence-electron chi connectivity index (χ2n) is 10.6. The number of hydrogen-bond acceptors (Lipinski definition) is 4. The van der Waals surface area contributed by atoms with Crippen LogP contribution in [0.2, 0.25) is 0 Å². The first-order valence-corrected chi connectivity index (χ1v) is 13.1. The first kappa shape index (κ1) is 22.3. The number of nitrogens with zero attached hydrogens (tertiary/aromatic N) is 2. The maximum Gasteiger partial charge on any atom is 0.145 e. The van der Waals surface area contributed by atoms with Crippen molar-refractivity contribution < 1.29 is 9.53 Å². The lowest BCUT2D eigenvalue weighted by molar-refractivity contribution is -0.129. The predicted molar refractivity (Wildman–Crippen MR) is 147 cm³/mol. The molecule has 3 aromatic carbocycles. The van der Waals surface area contributed by atoms with E-state index in [0.717, 1.165) is 71.6 Å². The van der Waals surface area contributed by atoms with Gasteiger partial charge >= 0.3 is 0 Å². The lowest BCUT2D eigenvalue weighted by Gasteiger charge is -2.28. The Morgan fingerprint density at radius 3 is 2.59 bits per heavy atom. The molecule has 7 rings (SSSR count).